The third kappa shape index (κ3) is 3.71. The van der Waals surface area contributed by atoms with E-state index in [-0.39, 0.29) is 5.91 Å². The summed E-state index contributed by atoms with van der Waals surface area (Å²) in [5.74, 6) is -0.0322. The van der Waals surface area contributed by atoms with Crippen LogP contribution in [-0.2, 0) is 19.7 Å². The van der Waals surface area contributed by atoms with Crippen molar-refractivity contribution in [3.05, 3.63) is 18.0 Å². The Morgan fingerprint density at radius 2 is 1.72 bits per heavy atom. The molecule has 0 aromatic carbocycles. The van der Waals surface area contributed by atoms with E-state index in [4.69, 9.17) is 4.74 Å². The van der Waals surface area contributed by atoms with Crippen molar-refractivity contribution >= 4 is 16.1 Å². The second-order valence-electron chi connectivity index (χ2n) is 6.34. The first-order valence-corrected chi connectivity index (χ1v) is 9.93. The van der Waals surface area contributed by atoms with Crippen LogP contribution in [0.15, 0.2) is 12.3 Å². The molecule has 3 heterocycles. The van der Waals surface area contributed by atoms with Crippen LogP contribution < -0.4 is 0 Å². The Kier molecular flexibility index (Phi) is 5.42. The van der Waals surface area contributed by atoms with Crippen LogP contribution in [0.25, 0.3) is 0 Å². The second kappa shape index (κ2) is 7.40. The molecular formula is C15H25N5O4S. The predicted octanol–water partition coefficient (Wildman–Crippen LogP) is -0.526. The number of carbonyl (C=O) groups is 1. The fourth-order valence-electron chi connectivity index (χ4n) is 3.23. The van der Waals surface area contributed by atoms with Crippen molar-refractivity contribution in [3.8, 4) is 0 Å². The number of morpholine rings is 1. The molecule has 25 heavy (non-hydrogen) atoms. The molecule has 0 spiro atoms. The van der Waals surface area contributed by atoms with Gasteiger partial charge in [0.15, 0.2) is 0 Å². The molecule has 2 aliphatic heterocycles. The van der Waals surface area contributed by atoms with Gasteiger partial charge in [-0.05, 0) is 19.9 Å². The van der Waals surface area contributed by atoms with Crippen LogP contribution in [0, 0.1) is 6.92 Å². The minimum Gasteiger partial charge on any atom is -0.379 e. The number of rotatable bonds is 4. The molecule has 3 rings (SSSR count). The van der Waals surface area contributed by atoms with E-state index < -0.39 is 16.3 Å². The van der Waals surface area contributed by atoms with Gasteiger partial charge in [-0.2, -0.15) is 22.1 Å². The quantitative estimate of drug-likeness (QED) is 0.710. The monoisotopic (exact) mass is 371 g/mol. The Labute approximate surface area is 148 Å². The molecule has 0 unspecified atom stereocenters. The van der Waals surface area contributed by atoms with E-state index in [2.05, 4.69) is 5.10 Å². The summed E-state index contributed by atoms with van der Waals surface area (Å²) in [5.41, 5.74) is 0.925. The van der Waals surface area contributed by atoms with Crippen molar-refractivity contribution in [1.29, 1.82) is 0 Å². The van der Waals surface area contributed by atoms with Crippen LogP contribution in [0.5, 0.6) is 0 Å². The molecule has 1 aromatic heterocycles. The zero-order valence-electron chi connectivity index (χ0n) is 14.7. The summed E-state index contributed by atoms with van der Waals surface area (Å²) < 4.78 is 35.2. The van der Waals surface area contributed by atoms with Gasteiger partial charge in [0.25, 0.3) is 10.2 Å². The number of amides is 1. The van der Waals surface area contributed by atoms with Gasteiger partial charge >= 0.3 is 0 Å². The summed E-state index contributed by atoms with van der Waals surface area (Å²) in [6.45, 7) is 6.78. The van der Waals surface area contributed by atoms with Crippen molar-refractivity contribution in [2.24, 2.45) is 0 Å². The van der Waals surface area contributed by atoms with Crippen LogP contribution in [0.4, 0.5) is 0 Å². The molecule has 0 aliphatic carbocycles. The Hall–Kier alpha value is -1.49. The van der Waals surface area contributed by atoms with Crippen molar-refractivity contribution in [2.45, 2.75) is 19.9 Å². The molecule has 2 aliphatic rings. The lowest BCUT2D eigenvalue weighted by molar-refractivity contribution is -0.135. The summed E-state index contributed by atoms with van der Waals surface area (Å²) >= 11 is 0. The molecule has 140 valence electrons. The number of aryl methyl sites for hydroxylation is 1. The van der Waals surface area contributed by atoms with Crippen LogP contribution in [0.3, 0.4) is 0 Å². The molecule has 0 bridgehead atoms. The zero-order valence-corrected chi connectivity index (χ0v) is 15.5. The third-order valence-corrected chi connectivity index (χ3v) is 6.80. The van der Waals surface area contributed by atoms with E-state index in [9.17, 15) is 13.2 Å². The molecule has 10 heteroatoms. The molecule has 2 saturated heterocycles. The fraction of sp³-hybridized carbons (Fsp3) is 0.733. The first-order valence-electron chi connectivity index (χ1n) is 8.53. The molecule has 1 amide bonds. The van der Waals surface area contributed by atoms with Gasteiger partial charge in [-0.3, -0.25) is 9.48 Å². The lowest BCUT2D eigenvalue weighted by Crippen LogP contribution is -2.56. The Balaban J connectivity index is 1.59. The van der Waals surface area contributed by atoms with Crippen LogP contribution >= 0.6 is 0 Å². The first kappa shape index (κ1) is 18.3. The Bertz CT molecular complexity index is 705. The minimum absolute atomic E-state index is 0.0322. The molecule has 0 saturated carbocycles. The van der Waals surface area contributed by atoms with E-state index in [1.165, 1.54) is 8.61 Å². The van der Waals surface area contributed by atoms with Crippen molar-refractivity contribution in [2.75, 3.05) is 52.5 Å². The van der Waals surface area contributed by atoms with E-state index in [0.29, 0.717) is 52.5 Å². The standard InChI is InChI=1S/C15H25N5O4S/c1-13-3-4-16-20(13)14(2)15(21)17-5-7-18(8-6-17)25(22,23)19-9-11-24-12-10-19/h3-4,14H,5-12H2,1-2H3/t14-/m1/s1. The topological polar surface area (TPSA) is 88.0 Å². The van der Waals surface area contributed by atoms with Gasteiger partial charge in [-0.15, -0.1) is 0 Å². The lowest BCUT2D eigenvalue weighted by Gasteiger charge is -2.38. The highest BCUT2D eigenvalue weighted by molar-refractivity contribution is 7.86. The Morgan fingerprint density at radius 1 is 1.12 bits per heavy atom. The normalized spacial score (nSPS) is 22.1. The highest BCUT2D eigenvalue weighted by Crippen LogP contribution is 2.17. The largest absolute Gasteiger partial charge is 0.379 e. The number of hydrogen-bond donors (Lipinski definition) is 0. The highest BCUT2D eigenvalue weighted by Gasteiger charge is 2.35. The van der Waals surface area contributed by atoms with Crippen LogP contribution in [0.1, 0.15) is 18.7 Å². The number of carbonyl (C=O) groups excluding carboxylic acids is 1. The molecule has 9 nitrogen and oxygen atoms in total. The first-order chi connectivity index (χ1) is 11.9. The van der Waals surface area contributed by atoms with E-state index in [1.54, 1.807) is 15.8 Å². The summed E-state index contributed by atoms with van der Waals surface area (Å²) in [5, 5.41) is 4.19. The maximum absolute atomic E-state index is 12.7. The second-order valence-corrected chi connectivity index (χ2v) is 8.27. The van der Waals surface area contributed by atoms with Gasteiger partial charge in [0, 0.05) is 51.2 Å². The predicted molar refractivity (Wildman–Crippen MR) is 91.1 cm³/mol. The summed E-state index contributed by atoms with van der Waals surface area (Å²) in [7, 11) is -3.47. The number of hydrogen-bond acceptors (Lipinski definition) is 5. The van der Waals surface area contributed by atoms with E-state index >= 15 is 0 Å². The molecular weight excluding hydrogens is 346 g/mol. The van der Waals surface area contributed by atoms with Gasteiger partial charge in [0.1, 0.15) is 6.04 Å². The smallest absolute Gasteiger partial charge is 0.282 e. The summed E-state index contributed by atoms with van der Waals surface area (Å²) in [6, 6.07) is 1.47. The van der Waals surface area contributed by atoms with Crippen LogP contribution in [-0.4, -0.2) is 90.1 Å². The van der Waals surface area contributed by atoms with E-state index in [1.807, 2.05) is 19.9 Å². The third-order valence-electron chi connectivity index (χ3n) is 4.77. The van der Waals surface area contributed by atoms with Gasteiger partial charge < -0.3 is 9.64 Å². The maximum Gasteiger partial charge on any atom is 0.282 e. The average Bonchev–Trinajstić information content (AvgIpc) is 3.07. The fourth-order valence-corrected chi connectivity index (χ4v) is 4.80. The number of piperazine rings is 1. The lowest BCUT2D eigenvalue weighted by atomic mass is 10.2. The number of ether oxygens (including phenoxy) is 1. The van der Waals surface area contributed by atoms with Gasteiger partial charge in [-0.1, -0.05) is 0 Å². The maximum atomic E-state index is 12.7. The molecule has 0 radical (unpaired) electrons. The molecule has 2 fully saturated rings. The number of aromatic nitrogens is 2. The van der Waals surface area contributed by atoms with Gasteiger partial charge in [-0.25, -0.2) is 0 Å². The number of nitrogens with zero attached hydrogens (tertiary/aromatic N) is 5. The minimum atomic E-state index is -3.47. The Morgan fingerprint density at radius 3 is 2.28 bits per heavy atom. The van der Waals surface area contributed by atoms with Crippen molar-refractivity contribution in [3.63, 3.8) is 0 Å². The summed E-state index contributed by atoms with van der Waals surface area (Å²) in [6.07, 6.45) is 1.67. The highest BCUT2D eigenvalue weighted by atomic mass is 32.2. The van der Waals surface area contributed by atoms with Gasteiger partial charge in [0.05, 0.1) is 13.2 Å². The zero-order chi connectivity index (χ0) is 18.0. The molecule has 1 atom stereocenters. The summed E-state index contributed by atoms with van der Waals surface area (Å²) in [4.78, 5) is 14.4. The average molecular weight is 371 g/mol. The van der Waals surface area contributed by atoms with Crippen LogP contribution in [0.2, 0.25) is 0 Å². The van der Waals surface area contributed by atoms with E-state index in [0.717, 1.165) is 5.69 Å². The van der Waals surface area contributed by atoms with Crippen molar-refractivity contribution < 1.29 is 17.9 Å². The molecule has 0 N–H and O–H groups in total. The van der Waals surface area contributed by atoms with Crippen molar-refractivity contribution in [1.82, 2.24) is 23.3 Å². The SMILES string of the molecule is Cc1ccnn1[C@H](C)C(=O)N1CCN(S(=O)(=O)N2CCOCC2)CC1. The molecule has 1 aromatic rings. The van der Waals surface area contributed by atoms with Gasteiger partial charge in [0.2, 0.25) is 5.91 Å².